The Balaban J connectivity index is 3.65. The van der Waals surface area contributed by atoms with Crippen LogP contribution in [0.15, 0.2) is 0 Å². The summed E-state index contributed by atoms with van der Waals surface area (Å²) in [6.45, 7) is 1.45. The fourth-order valence-corrected chi connectivity index (χ4v) is 0.585. The van der Waals surface area contributed by atoms with Crippen molar-refractivity contribution in [1.29, 1.82) is 0 Å². The fourth-order valence-electron chi connectivity index (χ4n) is 0.585. The molecule has 0 rings (SSSR count). The van der Waals surface area contributed by atoms with Crippen LogP contribution in [0.2, 0.25) is 0 Å². The molecule has 5 heteroatoms. The molecule has 0 saturated heterocycles. The van der Waals surface area contributed by atoms with Crippen molar-refractivity contribution in [3.05, 3.63) is 0 Å². The molecule has 72 valence electrons. The number of terminal acetylenes is 1. The third-order valence-corrected chi connectivity index (χ3v) is 1.26. The molecule has 0 heterocycles. The van der Waals surface area contributed by atoms with Gasteiger partial charge in [0, 0.05) is 0 Å². The van der Waals surface area contributed by atoms with Crippen LogP contribution < -0.4 is 16.4 Å². The molecule has 0 aromatic heterocycles. The van der Waals surface area contributed by atoms with Crippen LogP contribution in [0.1, 0.15) is 6.92 Å². The van der Waals surface area contributed by atoms with Gasteiger partial charge in [-0.15, -0.1) is 6.42 Å². The molecule has 0 spiro atoms. The zero-order chi connectivity index (χ0) is 10.3. The van der Waals surface area contributed by atoms with Gasteiger partial charge in [0.15, 0.2) is 0 Å². The molecule has 13 heavy (non-hydrogen) atoms. The molecule has 1 unspecified atom stereocenters. The maximum Gasteiger partial charge on any atom is 0.240 e. The Kier molecular flexibility index (Phi) is 5.32. The molecule has 2 amide bonds. The first-order valence-electron chi connectivity index (χ1n) is 3.82. The van der Waals surface area contributed by atoms with Gasteiger partial charge in [-0.3, -0.25) is 9.59 Å². The lowest BCUT2D eigenvalue weighted by Gasteiger charge is -2.07. The Morgan fingerprint density at radius 2 is 2.15 bits per heavy atom. The van der Waals surface area contributed by atoms with E-state index in [-0.39, 0.29) is 30.9 Å². The number of rotatable bonds is 4. The van der Waals surface area contributed by atoms with Crippen LogP contribution in [0.5, 0.6) is 0 Å². The van der Waals surface area contributed by atoms with Gasteiger partial charge in [0.2, 0.25) is 11.8 Å². The summed E-state index contributed by atoms with van der Waals surface area (Å²) in [7, 11) is 0. The number of carbonyl (C=O) groups excluding carboxylic acids is 2. The van der Waals surface area contributed by atoms with E-state index in [1.165, 1.54) is 0 Å². The van der Waals surface area contributed by atoms with Crippen molar-refractivity contribution in [3.8, 4) is 12.3 Å². The van der Waals surface area contributed by atoms with E-state index in [4.69, 9.17) is 12.2 Å². The Hall–Kier alpha value is -1.54. The van der Waals surface area contributed by atoms with Crippen LogP contribution in [-0.4, -0.2) is 30.9 Å². The summed E-state index contributed by atoms with van der Waals surface area (Å²) in [6, 6.07) is -0.331. The third-order valence-electron chi connectivity index (χ3n) is 1.26. The highest BCUT2D eigenvalue weighted by Crippen LogP contribution is 1.75. The summed E-state index contributed by atoms with van der Waals surface area (Å²) >= 11 is 0. The standard InChI is InChI=1S/C8H13N3O2/c1-3-6(2)11-8(13)5-10-7(12)4-9/h1,6H,4-5,9H2,2H3,(H,10,12)(H,11,13). The predicted octanol–water partition coefficient (Wildman–Crippen LogP) is -1.80. The second-order valence-electron chi connectivity index (χ2n) is 2.44. The highest BCUT2D eigenvalue weighted by Gasteiger charge is 2.05. The second-order valence-corrected chi connectivity index (χ2v) is 2.44. The number of amides is 2. The molecule has 0 aliphatic heterocycles. The highest BCUT2D eigenvalue weighted by molar-refractivity contribution is 5.85. The van der Waals surface area contributed by atoms with E-state index in [2.05, 4.69) is 16.6 Å². The zero-order valence-corrected chi connectivity index (χ0v) is 7.46. The summed E-state index contributed by atoms with van der Waals surface area (Å²) in [6.07, 6.45) is 5.03. The lowest BCUT2D eigenvalue weighted by Crippen LogP contribution is -2.42. The van der Waals surface area contributed by atoms with Gasteiger partial charge in [-0.1, -0.05) is 5.92 Å². The van der Waals surface area contributed by atoms with Gasteiger partial charge in [-0.25, -0.2) is 0 Å². The van der Waals surface area contributed by atoms with Crippen LogP contribution >= 0.6 is 0 Å². The Morgan fingerprint density at radius 3 is 2.62 bits per heavy atom. The monoisotopic (exact) mass is 183 g/mol. The first kappa shape index (κ1) is 11.5. The average molecular weight is 183 g/mol. The number of hydrogen-bond acceptors (Lipinski definition) is 3. The molecule has 0 saturated carbocycles. The molecule has 1 atom stereocenters. The van der Waals surface area contributed by atoms with Crippen molar-refractivity contribution in [2.75, 3.05) is 13.1 Å². The van der Waals surface area contributed by atoms with Crippen molar-refractivity contribution >= 4 is 11.8 Å². The van der Waals surface area contributed by atoms with Gasteiger partial charge in [0.1, 0.15) is 0 Å². The minimum Gasteiger partial charge on any atom is -0.346 e. The molecular formula is C8H13N3O2. The van der Waals surface area contributed by atoms with Gasteiger partial charge >= 0.3 is 0 Å². The summed E-state index contributed by atoms with van der Waals surface area (Å²) in [5, 5.41) is 4.80. The summed E-state index contributed by atoms with van der Waals surface area (Å²) in [5.74, 6) is 1.63. The third kappa shape index (κ3) is 5.70. The Bertz CT molecular complexity index is 232. The van der Waals surface area contributed by atoms with E-state index in [9.17, 15) is 9.59 Å². The van der Waals surface area contributed by atoms with E-state index >= 15 is 0 Å². The van der Waals surface area contributed by atoms with E-state index in [0.29, 0.717) is 0 Å². The van der Waals surface area contributed by atoms with Crippen LogP contribution in [0.25, 0.3) is 0 Å². The molecule has 0 aromatic carbocycles. The number of nitrogens with one attached hydrogen (secondary N) is 2. The molecule has 0 radical (unpaired) electrons. The molecule has 0 aliphatic rings. The van der Waals surface area contributed by atoms with E-state index in [1.54, 1.807) is 6.92 Å². The summed E-state index contributed by atoms with van der Waals surface area (Å²) in [5.41, 5.74) is 5.01. The van der Waals surface area contributed by atoms with Crippen LogP contribution in [0.3, 0.4) is 0 Å². The minimum atomic E-state index is -0.372. The summed E-state index contributed by atoms with van der Waals surface area (Å²) in [4.78, 5) is 21.6. The van der Waals surface area contributed by atoms with E-state index < -0.39 is 0 Å². The van der Waals surface area contributed by atoms with Crippen LogP contribution in [0, 0.1) is 12.3 Å². The lowest BCUT2D eigenvalue weighted by molar-refractivity contribution is -0.125. The number of hydrogen-bond donors (Lipinski definition) is 3. The maximum atomic E-state index is 11.0. The van der Waals surface area contributed by atoms with Crippen molar-refractivity contribution in [3.63, 3.8) is 0 Å². The lowest BCUT2D eigenvalue weighted by atomic mass is 10.3. The van der Waals surface area contributed by atoms with Crippen molar-refractivity contribution in [2.45, 2.75) is 13.0 Å². The van der Waals surface area contributed by atoms with Gasteiger partial charge in [0.05, 0.1) is 19.1 Å². The highest BCUT2D eigenvalue weighted by atomic mass is 16.2. The quantitative estimate of drug-likeness (QED) is 0.449. The topological polar surface area (TPSA) is 84.2 Å². The van der Waals surface area contributed by atoms with Gasteiger partial charge in [-0.05, 0) is 6.92 Å². The van der Waals surface area contributed by atoms with Gasteiger partial charge < -0.3 is 16.4 Å². The van der Waals surface area contributed by atoms with Crippen molar-refractivity contribution in [2.24, 2.45) is 5.73 Å². The van der Waals surface area contributed by atoms with Crippen LogP contribution in [0.4, 0.5) is 0 Å². The molecule has 0 aromatic rings. The second kappa shape index (κ2) is 6.03. The van der Waals surface area contributed by atoms with Crippen molar-refractivity contribution in [1.82, 2.24) is 10.6 Å². The molecule has 4 N–H and O–H groups in total. The van der Waals surface area contributed by atoms with Crippen molar-refractivity contribution < 1.29 is 9.59 Å². The van der Waals surface area contributed by atoms with Gasteiger partial charge in [-0.2, -0.15) is 0 Å². The smallest absolute Gasteiger partial charge is 0.240 e. The molecular weight excluding hydrogens is 170 g/mol. The molecule has 0 fully saturated rings. The molecule has 0 aliphatic carbocycles. The first-order chi connectivity index (χ1) is 6.10. The predicted molar refractivity (Wildman–Crippen MR) is 48.5 cm³/mol. The largest absolute Gasteiger partial charge is 0.346 e. The minimum absolute atomic E-state index is 0.0952. The Morgan fingerprint density at radius 1 is 1.54 bits per heavy atom. The first-order valence-corrected chi connectivity index (χ1v) is 3.82. The zero-order valence-electron chi connectivity index (χ0n) is 7.46. The SMILES string of the molecule is C#CC(C)NC(=O)CNC(=O)CN. The van der Waals surface area contributed by atoms with E-state index in [0.717, 1.165) is 0 Å². The number of carbonyl (C=O) groups is 2. The summed E-state index contributed by atoms with van der Waals surface area (Å²) < 4.78 is 0. The maximum absolute atomic E-state index is 11.0. The Labute approximate surface area is 77.1 Å². The van der Waals surface area contributed by atoms with Gasteiger partial charge in [0.25, 0.3) is 0 Å². The molecule has 5 nitrogen and oxygen atoms in total. The fraction of sp³-hybridized carbons (Fsp3) is 0.500. The van der Waals surface area contributed by atoms with E-state index in [1.807, 2.05) is 0 Å². The number of nitrogens with two attached hydrogens (primary N) is 1. The average Bonchev–Trinajstić information content (AvgIpc) is 2.13. The normalized spacial score (nSPS) is 11.2. The molecule has 0 bridgehead atoms. The van der Waals surface area contributed by atoms with Crippen LogP contribution in [-0.2, 0) is 9.59 Å².